The Kier molecular flexibility index (Phi) is 9.47. The van der Waals surface area contributed by atoms with Crippen LogP contribution in [0.1, 0.15) is 33.1 Å². The SMILES string of the molecule is C=C/C=N\C(=C\NC)N1CCCCC1.CC. The quantitative estimate of drug-likeness (QED) is 0.742. The molecule has 0 aromatic rings. The molecule has 1 saturated heterocycles. The first-order valence-electron chi connectivity index (χ1n) is 6.16. The van der Waals surface area contributed by atoms with Gasteiger partial charge in [-0.05, 0) is 19.3 Å². The van der Waals surface area contributed by atoms with Gasteiger partial charge in [0.05, 0.1) is 0 Å². The highest BCUT2D eigenvalue weighted by atomic mass is 15.2. The second kappa shape index (κ2) is 10.3. The molecule has 1 aliphatic rings. The van der Waals surface area contributed by atoms with Crippen LogP contribution in [0.4, 0.5) is 0 Å². The monoisotopic (exact) mass is 223 g/mol. The first-order valence-corrected chi connectivity index (χ1v) is 6.16. The first-order chi connectivity index (χ1) is 7.88. The average molecular weight is 223 g/mol. The van der Waals surface area contributed by atoms with Gasteiger partial charge in [-0.3, -0.25) is 0 Å². The van der Waals surface area contributed by atoms with Crippen molar-refractivity contribution in [2.75, 3.05) is 20.1 Å². The number of likely N-dealkylation sites (tertiary alicyclic amines) is 1. The minimum Gasteiger partial charge on any atom is -0.391 e. The molecule has 0 radical (unpaired) electrons. The Labute approximate surface area is 99.9 Å². The molecule has 0 bridgehead atoms. The van der Waals surface area contributed by atoms with Gasteiger partial charge in [0.25, 0.3) is 0 Å². The lowest BCUT2D eigenvalue weighted by molar-refractivity contribution is 0.282. The Morgan fingerprint density at radius 3 is 2.38 bits per heavy atom. The minimum atomic E-state index is 1.01. The zero-order valence-corrected chi connectivity index (χ0v) is 10.9. The molecule has 1 rings (SSSR count). The van der Waals surface area contributed by atoms with Crippen LogP contribution in [0.15, 0.2) is 29.7 Å². The smallest absolute Gasteiger partial charge is 0.144 e. The Morgan fingerprint density at radius 1 is 1.25 bits per heavy atom. The molecular formula is C13H25N3. The standard InChI is InChI=1S/C11H19N3.C2H6/c1-3-7-13-11(10-12-2)14-8-5-4-6-9-14;1-2/h3,7,10,12H,1,4-6,8-9H2,2H3;1-2H3/b11-10-,13-7-;. The lowest BCUT2D eigenvalue weighted by Crippen LogP contribution is -2.29. The second-order valence-electron chi connectivity index (χ2n) is 3.35. The predicted molar refractivity (Wildman–Crippen MR) is 72.6 cm³/mol. The minimum absolute atomic E-state index is 1.01. The maximum Gasteiger partial charge on any atom is 0.144 e. The number of nitrogens with zero attached hydrogens (tertiary/aromatic N) is 2. The number of aliphatic imine (C=N–C) groups is 1. The summed E-state index contributed by atoms with van der Waals surface area (Å²) >= 11 is 0. The summed E-state index contributed by atoms with van der Waals surface area (Å²) in [6.45, 7) is 9.85. The molecule has 0 atom stereocenters. The first kappa shape index (κ1) is 14.8. The van der Waals surface area contributed by atoms with E-state index in [4.69, 9.17) is 0 Å². The summed E-state index contributed by atoms with van der Waals surface area (Å²) in [7, 11) is 1.90. The van der Waals surface area contributed by atoms with Gasteiger partial charge in [-0.2, -0.15) is 0 Å². The van der Waals surface area contributed by atoms with Crippen LogP contribution in [-0.4, -0.2) is 31.3 Å². The molecule has 1 fully saturated rings. The van der Waals surface area contributed by atoms with E-state index in [2.05, 4.69) is 21.8 Å². The molecule has 0 aromatic carbocycles. The molecule has 0 unspecified atom stereocenters. The van der Waals surface area contributed by atoms with E-state index in [1.807, 2.05) is 27.1 Å². The number of allylic oxidation sites excluding steroid dienone is 1. The summed E-state index contributed by atoms with van der Waals surface area (Å²) in [6.07, 6.45) is 9.25. The molecule has 1 N–H and O–H groups in total. The fourth-order valence-electron chi connectivity index (χ4n) is 1.59. The van der Waals surface area contributed by atoms with Gasteiger partial charge in [-0.15, -0.1) is 0 Å². The van der Waals surface area contributed by atoms with Crippen LogP contribution >= 0.6 is 0 Å². The van der Waals surface area contributed by atoms with E-state index in [0.717, 1.165) is 18.9 Å². The molecule has 1 aliphatic heterocycles. The lowest BCUT2D eigenvalue weighted by atomic mass is 10.1. The van der Waals surface area contributed by atoms with E-state index in [9.17, 15) is 0 Å². The number of hydrogen-bond acceptors (Lipinski definition) is 3. The molecule has 1 heterocycles. The van der Waals surface area contributed by atoms with Crippen LogP contribution in [0, 0.1) is 0 Å². The topological polar surface area (TPSA) is 27.6 Å². The summed E-state index contributed by atoms with van der Waals surface area (Å²) in [5.41, 5.74) is 0. The molecule has 3 nitrogen and oxygen atoms in total. The van der Waals surface area contributed by atoms with E-state index in [1.54, 1.807) is 12.3 Å². The Morgan fingerprint density at radius 2 is 1.88 bits per heavy atom. The third-order valence-corrected chi connectivity index (χ3v) is 2.27. The highest BCUT2D eigenvalue weighted by Crippen LogP contribution is 2.14. The van der Waals surface area contributed by atoms with Gasteiger partial charge in [0, 0.05) is 32.6 Å². The largest absolute Gasteiger partial charge is 0.391 e. The van der Waals surface area contributed by atoms with Crippen molar-refractivity contribution in [3.8, 4) is 0 Å². The van der Waals surface area contributed by atoms with Crippen LogP contribution in [0.25, 0.3) is 0 Å². The number of nitrogens with one attached hydrogen (secondary N) is 1. The fraction of sp³-hybridized carbons (Fsp3) is 0.615. The third-order valence-electron chi connectivity index (χ3n) is 2.27. The van der Waals surface area contributed by atoms with Crippen molar-refractivity contribution in [1.29, 1.82) is 0 Å². The third kappa shape index (κ3) is 5.59. The van der Waals surface area contributed by atoms with Gasteiger partial charge in [0.2, 0.25) is 0 Å². The van der Waals surface area contributed by atoms with E-state index >= 15 is 0 Å². The van der Waals surface area contributed by atoms with Crippen molar-refractivity contribution < 1.29 is 0 Å². The van der Waals surface area contributed by atoms with Gasteiger partial charge in [0.1, 0.15) is 5.82 Å². The predicted octanol–water partition coefficient (Wildman–Crippen LogP) is 2.77. The molecule has 0 spiro atoms. The van der Waals surface area contributed by atoms with Crippen LogP contribution in [0.5, 0.6) is 0 Å². The van der Waals surface area contributed by atoms with Gasteiger partial charge in [-0.1, -0.05) is 26.5 Å². The summed E-state index contributed by atoms with van der Waals surface area (Å²) < 4.78 is 0. The summed E-state index contributed by atoms with van der Waals surface area (Å²) in [6, 6.07) is 0. The Bertz CT molecular complexity index is 225. The molecule has 16 heavy (non-hydrogen) atoms. The Hall–Kier alpha value is -1.25. The maximum absolute atomic E-state index is 4.34. The molecule has 0 aromatic heterocycles. The molecule has 92 valence electrons. The van der Waals surface area contributed by atoms with E-state index in [0.29, 0.717) is 0 Å². The normalized spacial score (nSPS) is 16.7. The zero-order chi connectivity index (χ0) is 12.2. The van der Waals surface area contributed by atoms with E-state index in [1.165, 1.54) is 19.3 Å². The van der Waals surface area contributed by atoms with Crippen molar-refractivity contribution in [2.45, 2.75) is 33.1 Å². The van der Waals surface area contributed by atoms with Crippen LogP contribution in [0.2, 0.25) is 0 Å². The number of hydrogen-bond donors (Lipinski definition) is 1. The van der Waals surface area contributed by atoms with Gasteiger partial charge in [-0.25, -0.2) is 4.99 Å². The lowest BCUT2D eigenvalue weighted by Gasteiger charge is -2.28. The molecule has 0 aliphatic carbocycles. The molecule has 3 heteroatoms. The van der Waals surface area contributed by atoms with Crippen molar-refractivity contribution in [1.82, 2.24) is 10.2 Å². The maximum atomic E-state index is 4.34. The van der Waals surface area contributed by atoms with Crippen LogP contribution in [0.3, 0.4) is 0 Å². The van der Waals surface area contributed by atoms with Crippen LogP contribution in [-0.2, 0) is 0 Å². The van der Waals surface area contributed by atoms with Crippen molar-refractivity contribution >= 4 is 6.21 Å². The van der Waals surface area contributed by atoms with E-state index in [-0.39, 0.29) is 0 Å². The van der Waals surface area contributed by atoms with Crippen molar-refractivity contribution in [3.63, 3.8) is 0 Å². The Balaban J connectivity index is 0.00000106. The number of rotatable bonds is 4. The summed E-state index contributed by atoms with van der Waals surface area (Å²) in [5.74, 6) is 1.01. The second-order valence-corrected chi connectivity index (χ2v) is 3.35. The van der Waals surface area contributed by atoms with Crippen molar-refractivity contribution in [2.24, 2.45) is 4.99 Å². The summed E-state index contributed by atoms with van der Waals surface area (Å²) in [4.78, 5) is 6.64. The molecular weight excluding hydrogens is 198 g/mol. The van der Waals surface area contributed by atoms with E-state index < -0.39 is 0 Å². The van der Waals surface area contributed by atoms with Gasteiger partial charge >= 0.3 is 0 Å². The number of piperidine rings is 1. The molecule has 0 amide bonds. The van der Waals surface area contributed by atoms with Crippen molar-refractivity contribution in [3.05, 3.63) is 24.7 Å². The highest BCUT2D eigenvalue weighted by molar-refractivity contribution is 5.71. The van der Waals surface area contributed by atoms with Gasteiger partial charge < -0.3 is 10.2 Å². The fourth-order valence-corrected chi connectivity index (χ4v) is 1.59. The zero-order valence-electron chi connectivity index (χ0n) is 10.9. The molecule has 0 saturated carbocycles. The average Bonchev–Trinajstić information content (AvgIpc) is 2.38. The van der Waals surface area contributed by atoms with Crippen LogP contribution < -0.4 is 5.32 Å². The van der Waals surface area contributed by atoms with Gasteiger partial charge in [0.15, 0.2) is 0 Å². The highest BCUT2D eigenvalue weighted by Gasteiger charge is 2.11. The summed E-state index contributed by atoms with van der Waals surface area (Å²) in [5, 5.41) is 3.02.